The number of thiazole rings is 1. The van der Waals surface area contributed by atoms with Crippen molar-refractivity contribution in [3.63, 3.8) is 0 Å². The zero-order valence-electron chi connectivity index (χ0n) is 12.9. The molecule has 5 nitrogen and oxygen atoms in total. The van der Waals surface area contributed by atoms with Gasteiger partial charge in [-0.25, -0.2) is 9.78 Å². The molecule has 2 unspecified atom stereocenters. The molecule has 0 radical (unpaired) electrons. The van der Waals surface area contributed by atoms with E-state index in [1.54, 1.807) is 0 Å². The first-order valence-electron chi connectivity index (χ1n) is 7.62. The number of nitrogens with zero attached hydrogens (tertiary/aromatic N) is 2. The minimum Gasteiger partial charge on any atom is -0.465 e. The fourth-order valence-electron chi connectivity index (χ4n) is 3.65. The van der Waals surface area contributed by atoms with E-state index in [4.69, 9.17) is 4.74 Å². The zero-order chi connectivity index (χ0) is 15.0. The minimum atomic E-state index is -0.293. The van der Waals surface area contributed by atoms with Crippen molar-refractivity contribution in [2.45, 2.75) is 57.2 Å². The quantitative estimate of drug-likeness (QED) is 0.870. The number of aryl methyl sites for hydroxylation is 1. The number of hydrogen-bond donors (Lipinski definition) is 1. The van der Waals surface area contributed by atoms with E-state index in [-0.39, 0.29) is 5.97 Å². The second-order valence-corrected chi connectivity index (χ2v) is 7.14. The van der Waals surface area contributed by atoms with Crippen LogP contribution in [0.4, 0.5) is 5.13 Å². The van der Waals surface area contributed by atoms with E-state index in [0.29, 0.717) is 23.0 Å². The van der Waals surface area contributed by atoms with Crippen LogP contribution in [0.5, 0.6) is 0 Å². The molecule has 2 bridgehead atoms. The predicted octanol–water partition coefficient (Wildman–Crippen LogP) is 2.67. The summed E-state index contributed by atoms with van der Waals surface area (Å²) >= 11 is 1.40. The Bertz CT molecular complexity index is 517. The molecular formula is C15H23N3O2S. The monoisotopic (exact) mass is 309 g/mol. The third-order valence-corrected chi connectivity index (χ3v) is 5.90. The number of ether oxygens (including phenoxy) is 1. The van der Waals surface area contributed by atoms with Crippen LogP contribution in [0, 0.1) is 6.92 Å². The summed E-state index contributed by atoms with van der Waals surface area (Å²) in [6.45, 7) is 1.86. The van der Waals surface area contributed by atoms with Gasteiger partial charge in [0.1, 0.15) is 4.88 Å². The van der Waals surface area contributed by atoms with Crippen molar-refractivity contribution in [1.29, 1.82) is 0 Å². The molecule has 3 rings (SSSR count). The molecule has 6 heteroatoms. The topological polar surface area (TPSA) is 54.5 Å². The van der Waals surface area contributed by atoms with Crippen LogP contribution in [0.1, 0.15) is 47.5 Å². The second kappa shape index (κ2) is 5.93. The molecular weight excluding hydrogens is 286 g/mol. The molecule has 1 N–H and O–H groups in total. The van der Waals surface area contributed by atoms with E-state index >= 15 is 0 Å². The van der Waals surface area contributed by atoms with Crippen LogP contribution in [-0.4, -0.2) is 48.1 Å². The van der Waals surface area contributed by atoms with E-state index in [1.807, 2.05) is 6.92 Å². The maximum atomic E-state index is 11.7. The Morgan fingerprint density at radius 1 is 1.38 bits per heavy atom. The van der Waals surface area contributed by atoms with Crippen molar-refractivity contribution in [3.05, 3.63) is 10.6 Å². The van der Waals surface area contributed by atoms with Gasteiger partial charge in [-0.05, 0) is 39.7 Å². The molecule has 2 aliphatic heterocycles. The number of hydrogen-bond acceptors (Lipinski definition) is 6. The Labute approximate surface area is 129 Å². The van der Waals surface area contributed by atoms with E-state index in [2.05, 4.69) is 22.2 Å². The smallest absolute Gasteiger partial charge is 0.350 e. The summed E-state index contributed by atoms with van der Waals surface area (Å²) in [4.78, 5) is 19.3. The van der Waals surface area contributed by atoms with Gasteiger partial charge in [0.05, 0.1) is 12.8 Å². The van der Waals surface area contributed by atoms with Crippen LogP contribution in [0.25, 0.3) is 0 Å². The molecule has 2 aliphatic rings. The van der Waals surface area contributed by atoms with E-state index in [1.165, 1.54) is 50.6 Å². The number of aromatic nitrogens is 1. The largest absolute Gasteiger partial charge is 0.465 e. The molecule has 0 spiro atoms. The Balaban J connectivity index is 1.68. The SMILES string of the molecule is COC(=O)c1sc(NC2CC3CCCC(C2)N3C)nc1C. The second-order valence-electron chi connectivity index (χ2n) is 6.14. The predicted molar refractivity (Wildman–Crippen MR) is 84.0 cm³/mol. The maximum Gasteiger partial charge on any atom is 0.350 e. The highest BCUT2D eigenvalue weighted by molar-refractivity contribution is 7.17. The first-order valence-corrected chi connectivity index (χ1v) is 8.44. The number of carbonyl (C=O) groups is 1. The third kappa shape index (κ3) is 2.92. The number of carbonyl (C=O) groups excluding carboxylic acids is 1. The zero-order valence-corrected chi connectivity index (χ0v) is 13.7. The Kier molecular flexibility index (Phi) is 4.17. The normalized spacial score (nSPS) is 29.2. The standard InChI is InChI=1S/C15H23N3O2S/c1-9-13(14(19)20-3)21-15(16-9)17-10-7-11-5-4-6-12(8-10)18(11)2/h10-12H,4-8H2,1-3H3,(H,16,17). The number of esters is 1. The average Bonchev–Trinajstić information content (AvgIpc) is 2.80. The summed E-state index contributed by atoms with van der Waals surface area (Å²) in [5, 5.41) is 4.39. The van der Waals surface area contributed by atoms with Gasteiger partial charge in [0.25, 0.3) is 0 Å². The highest BCUT2D eigenvalue weighted by Gasteiger charge is 2.36. The van der Waals surface area contributed by atoms with Gasteiger partial charge < -0.3 is 15.0 Å². The van der Waals surface area contributed by atoms with Gasteiger partial charge in [0.15, 0.2) is 5.13 Å². The molecule has 0 saturated carbocycles. The summed E-state index contributed by atoms with van der Waals surface area (Å²) < 4.78 is 4.79. The van der Waals surface area contributed by atoms with Gasteiger partial charge in [-0.15, -0.1) is 0 Å². The molecule has 0 aliphatic carbocycles. The first kappa shape index (κ1) is 14.8. The van der Waals surface area contributed by atoms with Gasteiger partial charge in [-0.1, -0.05) is 17.8 Å². The molecule has 2 saturated heterocycles. The number of nitrogens with one attached hydrogen (secondary N) is 1. The van der Waals surface area contributed by atoms with Crippen molar-refractivity contribution >= 4 is 22.4 Å². The molecule has 21 heavy (non-hydrogen) atoms. The summed E-state index contributed by atoms with van der Waals surface area (Å²) in [7, 11) is 3.67. The summed E-state index contributed by atoms with van der Waals surface area (Å²) in [6, 6.07) is 1.85. The Morgan fingerprint density at radius 3 is 2.67 bits per heavy atom. The average molecular weight is 309 g/mol. The lowest BCUT2D eigenvalue weighted by Crippen LogP contribution is -2.52. The lowest BCUT2D eigenvalue weighted by molar-refractivity contribution is 0.0604. The number of anilines is 1. The fourth-order valence-corrected chi connectivity index (χ4v) is 4.61. The van der Waals surface area contributed by atoms with E-state index in [0.717, 1.165) is 10.8 Å². The number of piperidine rings is 2. The van der Waals surface area contributed by atoms with Gasteiger partial charge in [0, 0.05) is 18.1 Å². The molecule has 2 fully saturated rings. The fraction of sp³-hybridized carbons (Fsp3) is 0.733. The number of fused-ring (bicyclic) bond motifs is 2. The van der Waals surface area contributed by atoms with Gasteiger partial charge in [-0.2, -0.15) is 0 Å². The van der Waals surface area contributed by atoms with Gasteiger partial charge in [-0.3, -0.25) is 0 Å². The number of methoxy groups -OCH3 is 1. The van der Waals surface area contributed by atoms with Crippen molar-refractivity contribution in [2.75, 3.05) is 19.5 Å². The van der Waals surface area contributed by atoms with Crippen molar-refractivity contribution < 1.29 is 9.53 Å². The Morgan fingerprint density at radius 2 is 2.05 bits per heavy atom. The molecule has 2 atom stereocenters. The van der Waals surface area contributed by atoms with Crippen molar-refractivity contribution in [3.8, 4) is 0 Å². The summed E-state index contributed by atoms with van der Waals surface area (Å²) in [6.07, 6.45) is 6.29. The molecule has 0 amide bonds. The van der Waals surface area contributed by atoms with Crippen molar-refractivity contribution in [1.82, 2.24) is 9.88 Å². The van der Waals surface area contributed by atoms with Crippen LogP contribution in [-0.2, 0) is 4.74 Å². The van der Waals surface area contributed by atoms with E-state index < -0.39 is 0 Å². The minimum absolute atomic E-state index is 0.293. The molecule has 116 valence electrons. The molecule has 1 aromatic rings. The maximum absolute atomic E-state index is 11.7. The molecule has 0 aromatic carbocycles. The Hall–Kier alpha value is -1.14. The van der Waals surface area contributed by atoms with Crippen LogP contribution in [0.15, 0.2) is 0 Å². The van der Waals surface area contributed by atoms with Crippen LogP contribution < -0.4 is 5.32 Å². The summed E-state index contributed by atoms with van der Waals surface area (Å²) in [5.41, 5.74) is 0.752. The molecule has 1 aromatic heterocycles. The summed E-state index contributed by atoms with van der Waals surface area (Å²) in [5.74, 6) is -0.293. The van der Waals surface area contributed by atoms with E-state index in [9.17, 15) is 4.79 Å². The van der Waals surface area contributed by atoms with Crippen molar-refractivity contribution in [2.24, 2.45) is 0 Å². The van der Waals surface area contributed by atoms with Crippen LogP contribution in [0.2, 0.25) is 0 Å². The van der Waals surface area contributed by atoms with Gasteiger partial charge >= 0.3 is 5.97 Å². The highest BCUT2D eigenvalue weighted by Crippen LogP contribution is 2.34. The highest BCUT2D eigenvalue weighted by atomic mass is 32.1. The van der Waals surface area contributed by atoms with Gasteiger partial charge in [0.2, 0.25) is 0 Å². The molecule has 3 heterocycles. The third-order valence-electron chi connectivity index (χ3n) is 4.83. The van der Waals surface area contributed by atoms with Crippen LogP contribution >= 0.6 is 11.3 Å². The van der Waals surface area contributed by atoms with Crippen LogP contribution in [0.3, 0.4) is 0 Å². The first-order chi connectivity index (χ1) is 10.1. The lowest BCUT2D eigenvalue weighted by atomic mass is 9.82. The number of rotatable bonds is 3. The lowest BCUT2D eigenvalue weighted by Gasteiger charge is -2.47.